The number of benzene rings is 3. The van der Waals surface area contributed by atoms with Crippen LogP contribution in [0.3, 0.4) is 0 Å². The Morgan fingerprint density at radius 1 is 0.953 bits per heavy atom. The fraction of sp³-hybridized carbons (Fsp3) is 0.412. The first-order chi connectivity index (χ1) is 20.6. The van der Waals surface area contributed by atoms with Crippen LogP contribution in [-0.2, 0) is 26.2 Å². The summed E-state index contributed by atoms with van der Waals surface area (Å²) in [5, 5.41) is 3.18. The highest BCUT2D eigenvalue weighted by Crippen LogP contribution is 2.29. The molecule has 0 heterocycles. The van der Waals surface area contributed by atoms with Crippen molar-refractivity contribution in [1.82, 2.24) is 10.2 Å². The molecule has 0 aromatic heterocycles. The van der Waals surface area contributed by atoms with Crippen molar-refractivity contribution in [1.29, 1.82) is 0 Å². The molecule has 3 aromatic carbocycles. The van der Waals surface area contributed by atoms with E-state index in [9.17, 15) is 18.0 Å². The number of carbonyl (C=O) groups is 2. The number of sulfonamides is 1. The lowest BCUT2D eigenvalue weighted by atomic mass is 9.95. The zero-order chi connectivity index (χ0) is 31.0. The summed E-state index contributed by atoms with van der Waals surface area (Å²) in [5.74, 6) is -0.0456. The zero-order valence-electron chi connectivity index (χ0n) is 25.6. The standard InChI is InChI=1S/C34H43N3O5S/c1-5-31(34(39)35-28-14-8-6-9-15-28)36(23-27-13-12-16-29(22-27)42-4)33(38)24-37(32-20-19-25(2)21-26(32)3)43(40,41)30-17-10-7-11-18-30/h7,10-13,16-22,28,31H,5-6,8-9,14-15,23-24H2,1-4H3,(H,35,39)/t31-/m0/s1. The van der Waals surface area contributed by atoms with Crippen molar-refractivity contribution in [3.8, 4) is 5.75 Å². The van der Waals surface area contributed by atoms with Gasteiger partial charge in [-0.05, 0) is 74.6 Å². The summed E-state index contributed by atoms with van der Waals surface area (Å²) < 4.78 is 34.7. The molecular formula is C34H43N3O5S. The number of anilines is 1. The van der Waals surface area contributed by atoms with E-state index in [-0.39, 0.29) is 23.4 Å². The van der Waals surface area contributed by atoms with Gasteiger partial charge in [-0.2, -0.15) is 0 Å². The highest BCUT2D eigenvalue weighted by Gasteiger charge is 2.35. The van der Waals surface area contributed by atoms with Crippen LogP contribution in [0.5, 0.6) is 5.75 Å². The number of rotatable bonds is 12. The predicted octanol–water partition coefficient (Wildman–Crippen LogP) is 5.76. The van der Waals surface area contributed by atoms with E-state index in [1.54, 1.807) is 31.4 Å². The number of hydrogen-bond donors (Lipinski definition) is 1. The molecule has 0 spiro atoms. The van der Waals surface area contributed by atoms with Gasteiger partial charge in [0.25, 0.3) is 10.0 Å². The van der Waals surface area contributed by atoms with Gasteiger partial charge in [-0.3, -0.25) is 13.9 Å². The summed E-state index contributed by atoms with van der Waals surface area (Å²) in [6, 6.07) is 20.2. The zero-order valence-corrected chi connectivity index (χ0v) is 26.4. The second-order valence-corrected chi connectivity index (χ2v) is 13.1. The van der Waals surface area contributed by atoms with Gasteiger partial charge in [-0.1, -0.05) is 74.2 Å². The van der Waals surface area contributed by atoms with E-state index in [1.165, 1.54) is 21.3 Å². The molecule has 2 amide bonds. The molecule has 1 N–H and O–H groups in total. The number of ether oxygens (including phenoxy) is 1. The third-order valence-electron chi connectivity index (χ3n) is 8.06. The van der Waals surface area contributed by atoms with Crippen LogP contribution in [0.1, 0.15) is 62.1 Å². The van der Waals surface area contributed by atoms with E-state index in [0.29, 0.717) is 17.9 Å². The maximum atomic E-state index is 14.3. The van der Waals surface area contributed by atoms with Crippen molar-refractivity contribution in [3.05, 3.63) is 89.5 Å². The van der Waals surface area contributed by atoms with Crippen molar-refractivity contribution in [3.63, 3.8) is 0 Å². The summed E-state index contributed by atoms with van der Waals surface area (Å²) in [6.07, 6.45) is 5.51. The summed E-state index contributed by atoms with van der Waals surface area (Å²) in [4.78, 5) is 29.7. The molecule has 1 fully saturated rings. The highest BCUT2D eigenvalue weighted by molar-refractivity contribution is 7.92. The lowest BCUT2D eigenvalue weighted by Crippen LogP contribution is -2.54. The molecule has 43 heavy (non-hydrogen) atoms. The Kier molecular flexibility index (Phi) is 10.9. The third kappa shape index (κ3) is 7.96. The molecule has 1 aliphatic carbocycles. The molecule has 230 valence electrons. The maximum Gasteiger partial charge on any atom is 0.264 e. The quantitative estimate of drug-likeness (QED) is 0.283. The van der Waals surface area contributed by atoms with Crippen molar-refractivity contribution >= 4 is 27.5 Å². The molecule has 1 saturated carbocycles. The van der Waals surface area contributed by atoms with Gasteiger partial charge in [0.15, 0.2) is 0 Å². The molecule has 0 bridgehead atoms. The van der Waals surface area contributed by atoms with Crippen LogP contribution in [0.15, 0.2) is 77.7 Å². The number of carbonyl (C=O) groups excluding carboxylic acids is 2. The number of aryl methyl sites for hydroxylation is 2. The number of nitrogens with one attached hydrogen (secondary N) is 1. The normalized spacial score (nSPS) is 14.5. The van der Waals surface area contributed by atoms with E-state index in [0.717, 1.165) is 48.8 Å². The van der Waals surface area contributed by atoms with Gasteiger partial charge in [0.1, 0.15) is 18.3 Å². The van der Waals surface area contributed by atoms with Crippen molar-refractivity contribution in [2.24, 2.45) is 0 Å². The number of nitrogens with zero attached hydrogens (tertiary/aromatic N) is 2. The van der Waals surface area contributed by atoms with Gasteiger partial charge in [-0.25, -0.2) is 8.42 Å². The van der Waals surface area contributed by atoms with Gasteiger partial charge >= 0.3 is 0 Å². The Hall–Kier alpha value is -3.85. The largest absolute Gasteiger partial charge is 0.497 e. The van der Waals surface area contributed by atoms with Crippen LogP contribution in [0.4, 0.5) is 5.69 Å². The predicted molar refractivity (Wildman–Crippen MR) is 170 cm³/mol. The molecular weight excluding hydrogens is 562 g/mol. The average Bonchev–Trinajstić information content (AvgIpc) is 3.01. The first-order valence-corrected chi connectivity index (χ1v) is 16.5. The van der Waals surface area contributed by atoms with Gasteiger partial charge in [0.05, 0.1) is 17.7 Å². The lowest BCUT2D eigenvalue weighted by molar-refractivity contribution is -0.140. The summed E-state index contributed by atoms with van der Waals surface area (Å²) in [7, 11) is -2.54. The second kappa shape index (κ2) is 14.6. The van der Waals surface area contributed by atoms with E-state index in [1.807, 2.05) is 57.2 Å². The molecule has 1 aliphatic rings. The van der Waals surface area contributed by atoms with E-state index in [4.69, 9.17) is 4.74 Å². The Balaban J connectivity index is 1.73. The first kappa shape index (κ1) is 32.1. The van der Waals surface area contributed by atoms with Gasteiger partial charge in [-0.15, -0.1) is 0 Å². The Morgan fingerprint density at radius 2 is 1.67 bits per heavy atom. The molecule has 0 unspecified atom stereocenters. The second-order valence-electron chi connectivity index (χ2n) is 11.3. The van der Waals surface area contributed by atoms with Gasteiger partial charge in [0.2, 0.25) is 11.8 Å². The van der Waals surface area contributed by atoms with Crippen molar-refractivity contribution < 1.29 is 22.7 Å². The highest BCUT2D eigenvalue weighted by atomic mass is 32.2. The van der Waals surface area contributed by atoms with Crippen LogP contribution < -0.4 is 14.4 Å². The van der Waals surface area contributed by atoms with Crippen LogP contribution in [0, 0.1) is 13.8 Å². The first-order valence-electron chi connectivity index (χ1n) is 15.0. The minimum absolute atomic E-state index is 0.0780. The van der Waals surface area contributed by atoms with Gasteiger partial charge in [0, 0.05) is 12.6 Å². The van der Waals surface area contributed by atoms with Crippen LogP contribution in [0.25, 0.3) is 0 Å². The summed E-state index contributed by atoms with van der Waals surface area (Å²) in [5.41, 5.74) is 2.91. The van der Waals surface area contributed by atoms with Crippen molar-refractivity contribution in [2.75, 3.05) is 18.0 Å². The minimum atomic E-state index is -4.11. The molecule has 0 radical (unpaired) electrons. The molecule has 0 aliphatic heterocycles. The van der Waals surface area contributed by atoms with Crippen LogP contribution in [-0.4, -0.2) is 50.9 Å². The molecule has 9 heteroatoms. The molecule has 1 atom stereocenters. The minimum Gasteiger partial charge on any atom is -0.497 e. The SMILES string of the molecule is CC[C@@H](C(=O)NC1CCCCC1)N(Cc1cccc(OC)c1)C(=O)CN(c1ccc(C)cc1C)S(=O)(=O)c1ccccc1. The summed E-state index contributed by atoms with van der Waals surface area (Å²) >= 11 is 0. The number of amides is 2. The smallest absolute Gasteiger partial charge is 0.264 e. The summed E-state index contributed by atoms with van der Waals surface area (Å²) in [6.45, 7) is 5.31. The molecule has 4 rings (SSSR count). The fourth-order valence-electron chi connectivity index (χ4n) is 5.75. The van der Waals surface area contributed by atoms with Crippen LogP contribution >= 0.6 is 0 Å². The number of methoxy groups -OCH3 is 1. The Bertz CT molecular complexity index is 1500. The fourth-order valence-corrected chi connectivity index (χ4v) is 7.25. The van der Waals surface area contributed by atoms with E-state index in [2.05, 4.69) is 5.32 Å². The van der Waals surface area contributed by atoms with E-state index >= 15 is 0 Å². The Morgan fingerprint density at radius 3 is 2.33 bits per heavy atom. The molecule has 8 nitrogen and oxygen atoms in total. The molecule has 0 saturated heterocycles. The third-order valence-corrected chi connectivity index (χ3v) is 9.83. The van der Waals surface area contributed by atoms with Gasteiger partial charge < -0.3 is 15.0 Å². The topological polar surface area (TPSA) is 96.0 Å². The Labute approximate surface area is 256 Å². The average molecular weight is 606 g/mol. The maximum absolute atomic E-state index is 14.3. The number of hydrogen-bond acceptors (Lipinski definition) is 5. The van der Waals surface area contributed by atoms with E-state index < -0.39 is 28.5 Å². The molecule has 3 aromatic rings. The van der Waals surface area contributed by atoms with Crippen LogP contribution in [0.2, 0.25) is 0 Å². The van der Waals surface area contributed by atoms with Crippen molar-refractivity contribution in [2.45, 2.75) is 82.8 Å². The monoisotopic (exact) mass is 605 g/mol. The lowest BCUT2D eigenvalue weighted by Gasteiger charge is -2.34.